The van der Waals surface area contributed by atoms with E-state index in [0.717, 1.165) is 0 Å². The Morgan fingerprint density at radius 3 is 2.53 bits per heavy atom. The monoisotopic (exact) mass is 456 g/mol. The van der Waals surface area contributed by atoms with Crippen molar-refractivity contribution in [3.63, 3.8) is 0 Å². The number of esters is 1. The highest BCUT2D eigenvalue weighted by Crippen LogP contribution is 2.44. The molecule has 104 valence electrons. The van der Waals surface area contributed by atoms with Gasteiger partial charge in [0.05, 0.1) is 20.0 Å². The number of ether oxygens (including phenoxy) is 2. The molecule has 1 rings (SSSR count). The van der Waals surface area contributed by atoms with Gasteiger partial charge in [-0.25, -0.2) is 4.79 Å². The molecule has 19 heavy (non-hydrogen) atoms. The Labute approximate surface area is 136 Å². The summed E-state index contributed by atoms with van der Waals surface area (Å²) in [7, 11) is 0. The van der Waals surface area contributed by atoms with E-state index in [1.54, 1.807) is 13.0 Å². The standard InChI is InChI=1S/C12H11Br3O4/c1-6(2)12(17)19-8-5-7(13)11(18-4-3-16)10(15)9(8)14/h5,16H,1,3-4H2,2H3. The van der Waals surface area contributed by atoms with Crippen LogP contribution in [-0.2, 0) is 4.79 Å². The van der Waals surface area contributed by atoms with Gasteiger partial charge in [-0.3, -0.25) is 0 Å². The van der Waals surface area contributed by atoms with E-state index in [0.29, 0.717) is 30.5 Å². The number of hydrogen-bond donors (Lipinski definition) is 1. The molecular weight excluding hydrogens is 448 g/mol. The molecule has 0 saturated heterocycles. The highest BCUT2D eigenvalue weighted by atomic mass is 79.9. The van der Waals surface area contributed by atoms with Gasteiger partial charge >= 0.3 is 5.97 Å². The first-order valence-electron chi connectivity index (χ1n) is 5.17. The lowest BCUT2D eigenvalue weighted by molar-refractivity contribution is -0.130. The first-order valence-corrected chi connectivity index (χ1v) is 7.55. The van der Waals surface area contributed by atoms with Crippen LogP contribution in [-0.4, -0.2) is 24.3 Å². The minimum absolute atomic E-state index is 0.0943. The van der Waals surface area contributed by atoms with Crippen LogP contribution in [0.25, 0.3) is 0 Å². The lowest BCUT2D eigenvalue weighted by atomic mass is 10.3. The maximum Gasteiger partial charge on any atom is 0.338 e. The van der Waals surface area contributed by atoms with Gasteiger partial charge in [-0.15, -0.1) is 0 Å². The maximum absolute atomic E-state index is 11.5. The van der Waals surface area contributed by atoms with Crippen LogP contribution in [0.15, 0.2) is 31.6 Å². The van der Waals surface area contributed by atoms with E-state index in [1.165, 1.54) is 0 Å². The number of hydrogen-bond acceptors (Lipinski definition) is 4. The minimum Gasteiger partial charge on any atom is -0.489 e. The number of benzene rings is 1. The summed E-state index contributed by atoms with van der Waals surface area (Å²) in [5.74, 6) is 0.336. The van der Waals surface area contributed by atoms with Crippen molar-refractivity contribution in [2.45, 2.75) is 6.92 Å². The van der Waals surface area contributed by atoms with Crippen molar-refractivity contribution in [2.75, 3.05) is 13.2 Å². The number of rotatable bonds is 5. The Kier molecular flexibility index (Phi) is 6.52. The third-order valence-electron chi connectivity index (χ3n) is 1.97. The van der Waals surface area contributed by atoms with Crippen molar-refractivity contribution < 1.29 is 19.4 Å². The summed E-state index contributed by atoms with van der Waals surface area (Å²) in [5.41, 5.74) is 0.305. The van der Waals surface area contributed by atoms with Gasteiger partial charge in [0.2, 0.25) is 0 Å². The Balaban J connectivity index is 3.10. The molecule has 1 N–H and O–H groups in total. The Hall–Kier alpha value is -0.370. The molecule has 0 fully saturated rings. The number of carbonyl (C=O) groups is 1. The second kappa shape index (κ2) is 7.42. The molecule has 0 aliphatic heterocycles. The van der Waals surface area contributed by atoms with Gasteiger partial charge in [-0.2, -0.15) is 0 Å². The Morgan fingerprint density at radius 2 is 2.00 bits per heavy atom. The third-order valence-corrected chi connectivity index (χ3v) is 4.64. The zero-order chi connectivity index (χ0) is 14.6. The van der Waals surface area contributed by atoms with Crippen LogP contribution in [0.2, 0.25) is 0 Å². The summed E-state index contributed by atoms with van der Waals surface area (Å²) >= 11 is 9.98. The second-order valence-electron chi connectivity index (χ2n) is 3.56. The zero-order valence-corrected chi connectivity index (χ0v) is 14.8. The van der Waals surface area contributed by atoms with E-state index in [9.17, 15) is 4.79 Å². The van der Waals surface area contributed by atoms with Crippen molar-refractivity contribution >= 4 is 53.8 Å². The second-order valence-corrected chi connectivity index (χ2v) is 6.00. The maximum atomic E-state index is 11.5. The molecule has 0 aromatic heterocycles. The molecule has 0 spiro atoms. The molecule has 0 atom stereocenters. The van der Waals surface area contributed by atoms with Crippen molar-refractivity contribution in [3.8, 4) is 11.5 Å². The molecule has 0 radical (unpaired) electrons. The van der Waals surface area contributed by atoms with Crippen LogP contribution in [0, 0.1) is 0 Å². The van der Waals surface area contributed by atoms with Crippen molar-refractivity contribution in [2.24, 2.45) is 0 Å². The summed E-state index contributed by atoms with van der Waals surface area (Å²) in [6.45, 7) is 5.15. The molecule has 0 heterocycles. The van der Waals surface area contributed by atoms with E-state index < -0.39 is 5.97 Å². The zero-order valence-electron chi connectivity index (χ0n) is 10.0. The van der Waals surface area contributed by atoms with Crippen molar-refractivity contribution in [1.82, 2.24) is 0 Å². The lowest BCUT2D eigenvalue weighted by Crippen LogP contribution is -2.09. The molecular formula is C12H11Br3O4. The number of carbonyl (C=O) groups excluding carboxylic acids is 1. The van der Waals surface area contributed by atoms with Gasteiger partial charge in [0, 0.05) is 11.6 Å². The molecule has 0 aliphatic rings. The Morgan fingerprint density at radius 1 is 1.37 bits per heavy atom. The third kappa shape index (κ3) is 4.30. The summed E-state index contributed by atoms with van der Waals surface area (Å²) in [6.07, 6.45) is 0. The minimum atomic E-state index is -0.511. The summed E-state index contributed by atoms with van der Waals surface area (Å²) in [4.78, 5) is 11.5. The van der Waals surface area contributed by atoms with Gasteiger partial charge in [0.1, 0.15) is 18.1 Å². The highest BCUT2D eigenvalue weighted by Gasteiger charge is 2.18. The van der Waals surface area contributed by atoms with Crippen LogP contribution in [0.3, 0.4) is 0 Å². The molecule has 0 unspecified atom stereocenters. The van der Waals surface area contributed by atoms with Crippen LogP contribution in [0.1, 0.15) is 6.92 Å². The van der Waals surface area contributed by atoms with E-state index >= 15 is 0 Å². The molecule has 0 aliphatic carbocycles. The molecule has 7 heteroatoms. The smallest absolute Gasteiger partial charge is 0.338 e. The lowest BCUT2D eigenvalue weighted by Gasteiger charge is -2.14. The first-order chi connectivity index (χ1) is 8.88. The van der Waals surface area contributed by atoms with E-state index in [2.05, 4.69) is 54.4 Å². The van der Waals surface area contributed by atoms with Gasteiger partial charge in [-0.1, -0.05) is 6.58 Å². The van der Waals surface area contributed by atoms with Gasteiger partial charge < -0.3 is 14.6 Å². The predicted molar refractivity (Wildman–Crippen MR) is 82.6 cm³/mol. The number of aliphatic hydroxyl groups excluding tert-OH is 1. The van der Waals surface area contributed by atoms with E-state index in [1.807, 2.05) is 0 Å². The quantitative estimate of drug-likeness (QED) is 0.315. The predicted octanol–water partition coefficient (Wildman–Crippen LogP) is 3.83. The summed E-state index contributed by atoms with van der Waals surface area (Å²) in [5, 5.41) is 8.77. The number of aliphatic hydroxyl groups is 1. The van der Waals surface area contributed by atoms with Gasteiger partial charge in [0.15, 0.2) is 0 Å². The van der Waals surface area contributed by atoms with Crippen molar-refractivity contribution in [3.05, 3.63) is 31.6 Å². The van der Waals surface area contributed by atoms with Crippen LogP contribution in [0.4, 0.5) is 0 Å². The summed E-state index contributed by atoms with van der Waals surface area (Å²) in [6, 6.07) is 1.60. The average molecular weight is 459 g/mol. The van der Waals surface area contributed by atoms with Crippen LogP contribution < -0.4 is 9.47 Å². The molecule has 1 aromatic carbocycles. The molecule has 0 amide bonds. The summed E-state index contributed by atoms with van der Waals surface area (Å²) < 4.78 is 12.3. The van der Waals surface area contributed by atoms with Crippen LogP contribution in [0.5, 0.6) is 11.5 Å². The van der Waals surface area contributed by atoms with Gasteiger partial charge in [0.25, 0.3) is 0 Å². The topological polar surface area (TPSA) is 55.8 Å². The largest absolute Gasteiger partial charge is 0.489 e. The van der Waals surface area contributed by atoms with E-state index in [4.69, 9.17) is 14.6 Å². The normalized spacial score (nSPS) is 10.2. The Bertz CT molecular complexity index is 514. The van der Waals surface area contributed by atoms with Crippen LogP contribution >= 0.6 is 47.8 Å². The molecule has 1 aromatic rings. The van der Waals surface area contributed by atoms with Crippen molar-refractivity contribution in [1.29, 1.82) is 0 Å². The first kappa shape index (κ1) is 16.7. The molecule has 4 nitrogen and oxygen atoms in total. The average Bonchev–Trinajstić information content (AvgIpc) is 2.35. The highest BCUT2D eigenvalue weighted by molar-refractivity contribution is 9.13. The van der Waals surface area contributed by atoms with E-state index in [-0.39, 0.29) is 13.2 Å². The fraction of sp³-hybridized carbons (Fsp3) is 0.250. The fourth-order valence-electron chi connectivity index (χ4n) is 1.10. The SMILES string of the molecule is C=C(C)C(=O)Oc1cc(Br)c(OCCO)c(Br)c1Br. The van der Waals surface area contributed by atoms with Gasteiger partial charge in [-0.05, 0) is 54.7 Å². The molecule has 0 bridgehead atoms. The number of halogens is 3. The molecule has 0 saturated carbocycles. The fourth-order valence-corrected chi connectivity index (χ4v) is 2.78.